The smallest absolute Gasteiger partial charge is 0.348 e. The number of hydrazone groups is 1. The van der Waals surface area contributed by atoms with Gasteiger partial charge in [0.1, 0.15) is 17.1 Å². The quantitative estimate of drug-likeness (QED) is 0.518. The molecule has 3 aromatic heterocycles. The monoisotopic (exact) mass is 381 g/mol. The molecule has 0 aromatic carbocycles. The molecule has 3 heterocycles. The van der Waals surface area contributed by atoms with Crippen LogP contribution in [-0.2, 0) is 0 Å². The maximum atomic E-state index is 11.8. The van der Waals surface area contributed by atoms with Crippen molar-refractivity contribution >= 4 is 45.1 Å². The van der Waals surface area contributed by atoms with E-state index in [0.29, 0.717) is 21.6 Å². The lowest BCUT2D eigenvalue weighted by Gasteiger charge is -2.03. The highest BCUT2D eigenvalue weighted by molar-refractivity contribution is 7.16. The Hall–Kier alpha value is -2.16. The van der Waals surface area contributed by atoms with Crippen LogP contribution in [0, 0.1) is 6.92 Å². The number of rotatable bonds is 4. The van der Waals surface area contributed by atoms with Gasteiger partial charge in [-0.25, -0.2) is 9.78 Å². The standard InChI is InChI=1S/C15H12ClN3O3S2/c1-7-5-11(20)12(14(21)22-7)8(2)18-19-15-17-10(6-24-15)13-9(16)3-4-23-13/h3-6,20H,1-2H3,(H,17,19)/b18-8-. The third kappa shape index (κ3) is 3.35. The van der Waals surface area contributed by atoms with Crippen LogP contribution in [0.15, 0.2) is 37.2 Å². The largest absolute Gasteiger partial charge is 0.507 e. The first-order valence-corrected chi connectivity index (χ1v) is 8.92. The van der Waals surface area contributed by atoms with Crippen molar-refractivity contribution in [3.63, 3.8) is 0 Å². The Kier molecular flexibility index (Phi) is 4.70. The summed E-state index contributed by atoms with van der Waals surface area (Å²) in [6.07, 6.45) is 0. The maximum Gasteiger partial charge on any atom is 0.348 e. The predicted octanol–water partition coefficient (Wildman–Crippen LogP) is 4.33. The molecular weight excluding hydrogens is 370 g/mol. The first-order chi connectivity index (χ1) is 11.5. The Morgan fingerprint density at radius 1 is 1.46 bits per heavy atom. The molecule has 0 radical (unpaired) electrons. The van der Waals surface area contributed by atoms with Gasteiger partial charge < -0.3 is 9.52 Å². The molecule has 0 spiro atoms. The summed E-state index contributed by atoms with van der Waals surface area (Å²) in [6, 6.07) is 3.19. The van der Waals surface area contributed by atoms with E-state index in [0.717, 1.165) is 10.6 Å². The molecule has 3 aromatic rings. The van der Waals surface area contributed by atoms with Gasteiger partial charge in [0.2, 0.25) is 5.13 Å². The molecule has 24 heavy (non-hydrogen) atoms. The van der Waals surface area contributed by atoms with Crippen LogP contribution in [0.2, 0.25) is 5.02 Å². The first kappa shape index (κ1) is 16.7. The minimum absolute atomic E-state index is 0.0196. The number of anilines is 1. The number of thiazole rings is 1. The van der Waals surface area contributed by atoms with Gasteiger partial charge in [0.15, 0.2) is 0 Å². The van der Waals surface area contributed by atoms with Gasteiger partial charge in [-0.3, -0.25) is 5.43 Å². The number of hydrogen-bond donors (Lipinski definition) is 2. The van der Waals surface area contributed by atoms with Crippen LogP contribution in [0.3, 0.4) is 0 Å². The zero-order valence-electron chi connectivity index (χ0n) is 12.7. The number of hydrogen-bond acceptors (Lipinski definition) is 8. The van der Waals surface area contributed by atoms with Crippen LogP contribution < -0.4 is 11.1 Å². The fourth-order valence-electron chi connectivity index (χ4n) is 2.02. The number of halogens is 1. The number of thiophene rings is 1. The molecule has 2 N–H and O–H groups in total. The molecule has 0 bridgehead atoms. The molecule has 0 fully saturated rings. The zero-order valence-corrected chi connectivity index (χ0v) is 15.1. The fourth-order valence-corrected chi connectivity index (χ4v) is 3.85. The van der Waals surface area contributed by atoms with Crippen molar-refractivity contribution < 1.29 is 9.52 Å². The van der Waals surface area contributed by atoms with Crippen LogP contribution in [-0.4, -0.2) is 15.8 Å². The third-order valence-corrected chi connectivity index (χ3v) is 5.20. The van der Waals surface area contributed by atoms with E-state index in [9.17, 15) is 9.90 Å². The predicted molar refractivity (Wildman–Crippen MR) is 97.7 cm³/mol. The topological polar surface area (TPSA) is 87.7 Å². The maximum absolute atomic E-state index is 11.8. The molecule has 124 valence electrons. The fraction of sp³-hybridized carbons (Fsp3) is 0.133. The molecule has 0 atom stereocenters. The molecule has 0 saturated carbocycles. The van der Waals surface area contributed by atoms with Gasteiger partial charge >= 0.3 is 5.63 Å². The van der Waals surface area contributed by atoms with Crippen molar-refractivity contribution in [1.29, 1.82) is 0 Å². The van der Waals surface area contributed by atoms with Crippen molar-refractivity contribution in [1.82, 2.24) is 4.98 Å². The SMILES string of the molecule is C/C(=N/Nc1nc(-c2sccc2Cl)cs1)c1c(O)cc(C)oc1=O. The summed E-state index contributed by atoms with van der Waals surface area (Å²) in [5.41, 5.74) is 3.22. The Bertz CT molecular complexity index is 975. The van der Waals surface area contributed by atoms with Gasteiger partial charge in [-0.05, 0) is 25.3 Å². The lowest BCUT2D eigenvalue weighted by atomic mass is 10.2. The van der Waals surface area contributed by atoms with Crippen molar-refractivity contribution in [2.75, 3.05) is 5.43 Å². The number of aromatic hydroxyl groups is 1. The summed E-state index contributed by atoms with van der Waals surface area (Å²) in [6.45, 7) is 3.18. The molecule has 0 aliphatic rings. The van der Waals surface area contributed by atoms with Crippen molar-refractivity contribution in [2.24, 2.45) is 5.10 Å². The van der Waals surface area contributed by atoms with E-state index in [1.54, 1.807) is 13.8 Å². The Morgan fingerprint density at radius 3 is 2.92 bits per heavy atom. The lowest BCUT2D eigenvalue weighted by Crippen LogP contribution is -2.14. The third-order valence-electron chi connectivity index (χ3n) is 3.09. The van der Waals surface area contributed by atoms with Gasteiger partial charge in [-0.2, -0.15) is 5.10 Å². The van der Waals surface area contributed by atoms with E-state index >= 15 is 0 Å². The summed E-state index contributed by atoms with van der Waals surface area (Å²) >= 11 is 8.96. The molecule has 0 amide bonds. The normalized spacial score (nSPS) is 11.7. The number of nitrogens with one attached hydrogen (secondary N) is 1. The molecule has 0 saturated heterocycles. The summed E-state index contributed by atoms with van der Waals surface area (Å²) < 4.78 is 4.98. The average molecular weight is 382 g/mol. The minimum Gasteiger partial charge on any atom is -0.507 e. The van der Waals surface area contributed by atoms with Crippen molar-refractivity contribution in [3.05, 3.63) is 49.7 Å². The highest BCUT2D eigenvalue weighted by Crippen LogP contribution is 2.34. The van der Waals surface area contributed by atoms with Crippen LogP contribution in [0.4, 0.5) is 5.13 Å². The summed E-state index contributed by atoms with van der Waals surface area (Å²) in [7, 11) is 0. The second kappa shape index (κ2) is 6.76. The van der Waals surface area contributed by atoms with Crippen LogP contribution in [0.25, 0.3) is 10.6 Å². The van der Waals surface area contributed by atoms with Gasteiger partial charge in [0.25, 0.3) is 0 Å². The number of nitrogens with zero attached hydrogens (tertiary/aromatic N) is 2. The minimum atomic E-state index is -0.638. The molecular formula is C15H12ClN3O3S2. The number of aryl methyl sites for hydroxylation is 1. The lowest BCUT2D eigenvalue weighted by molar-refractivity contribution is 0.432. The van der Waals surface area contributed by atoms with Crippen LogP contribution in [0.1, 0.15) is 18.2 Å². The molecule has 9 heteroatoms. The molecule has 0 aliphatic carbocycles. The Balaban J connectivity index is 1.83. The zero-order chi connectivity index (χ0) is 17.3. The average Bonchev–Trinajstić information content (AvgIpc) is 3.12. The Labute approximate surface area is 150 Å². The highest BCUT2D eigenvalue weighted by atomic mass is 35.5. The van der Waals surface area contributed by atoms with E-state index in [1.807, 2.05) is 16.8 Å². The van der Waals surface area contributed by atoms with Gasteiger partial charge in [0.05, 0.1) is 21.3 Å². The number of aromatic nitrogens is 1. The molecule has 3 rings (SSSR count). The highest BCUT2D eigenvalue weighted by Gasteiger charge is 2.14. The second-order valence-corrected chi connectivity index (χ2v) is 7.03. The van der Waals surface area contributed by atoms with E-state index < -0.39 is 5.63 Å². The first-order valence-electron chi connectivity index (χ1n) is 6.79. The molecule has 6 nitrogen and oxygen atoms in total. The van der Waals surface area contributed by atoms with Crippen molar-refractivity contribution in [3.8, 4) is 16.3 Å². The van der Waals surface area contributed by atoms with Gasteiger partial charge in [-0.1, -0.05) is 11.6 Å². The van der Waals surface area contributed by atoms with Gasteiger partial charge in [-0.15, -0.1) is 22.7 Å². The molecule has 0 aliphatic heterocycles. The van der Waals surface area contributed by atoms with E-state index in [2.05, 4.69) is 15.5 Å². The second-order valence-electron chi connectivity index (χ2n) is 4.85. The van der Waals surface area contributed by atoms with E-state index in [4.69, 9.17) is 16.0 Å². The Morgan fingerprint density at radius 2 is 2.25 bits per heavy atom. The summed E-state index contributed by atoms with van der Waals surface area (Å²) in [5.74, 6) is 0.163. The van der Waals surface area contributed by atoms with E-state index in [-0.39, 0.29) is 11.3 Å². The van der Waals surface area contributed by atoms with Crippen LogP contribution >= 0.6 is 34.3 Å². The van der Waals surface area contributed by atoms with Crippen LogP contribution in [0.5, 0.6) is 5.75 Å². The summed E-state index contributed by atoms with van der Waals surface area (Å²) in [5, 5.41) is 19.0. The van der Waals surface area contributed by atoms with Crippen molar-refractivity contribution in [2.45, 2.75) is 13.8 Å². The molecule has 0 unspecified atom stereocenters. The summed E-state index contributed by atoms with van der Waals surface area (Å²) in [4.78, 5) is 17.1. The van der Waals surface area contributed by atoms with Gasteiger partial charge in [0, 0.05) is 11.4 Å². The van der Waals surface area contributed by atoms with E-state index in [1.165, 1.54) is 28.7 Å².